The molecule has 1 N–H and O–H groups in total. The molecule has 1 aromatic heterocycles. The van der Waals surface area contributed by atoms with E-state index in [9.17, 15) is 9.59 Å². The van der Waals surface area contributed by atoms with Gasteiger partial charge in [-0.25, -0.2) is 0 Å². The summed E-state index contributed by atoms with van der Waals surface area (Å²) in [7, 11) is 1.97. The lowest BCUT2D eigenvalue weighted by atomic mass is 9.90. The summed E-state index contributed by atoms with van der Waals surface area (Å²) in [6.45, 7) is 4.08. The van der Waals surface area contributed by atoms with Crippen LogP contribution in [0.25, 0.3) is 0 Å². The number of carbonyl (C=O) groups excluding carboxylic acids is 2. The van der Waals surface area contributed by atoms with Gasteiger partial charge < -0.3 is 15.0 Å². The van der Waals surface area contributed by atoms with Crippen molar-refractivity contribution in [1.82, 2.24) is 20.1 Å². The van der Waals surface area contributed by atoms with E-state index >= 15 is 0 Å². The molecule has 3 fully saturated rings. The van der Waals surface area contributed by atoms with Crippen molar-refractivity contribution in [3.63, 3.8) is 0 Å². The Morgan fingerprint density at radius 3 is 2.63 bits per heavy atom. The van der Waals surface area contributed by atoms with Gasteiger partial charge in [-0.3, -0.25) is 19.5 Å². The van der Waals surface area contributed by atoms with Gasteiger partial charge in [0.2, 0.25) is 5.91 Å². The van der Waals surface area contributed by atoms with Crippen molar-refractivity contribution in [2.24, 2.45) is 0 Å². The predicted octanol–water partition coefficient (Wildman–Crippen LogP) is 0.974. The number of nitrogens with zero attached hydrogens (tertiary/aromatic N) is 3. The average Bonchev–Trinajstić information content (AvgIpc) is 3.11. The Balaban J connectivity index is 1.31. The lowest BCUT2D eigenvalue weighted by Crippen LogP contribution is -2.73. The molecular weight excluding hydrogens is 344 g/mol. The molecule has 1 spiro atoms. The number of morpholine rings is 1. The van der Waals surface area contributed by atoms with Crippen LogP contribution in [0.4, 0.5) is 0 Å². The molecular formula is C20H28N4O3. The van der Waals surface area contributed by atoms with Crippen molar-refractivity contribution >= 4 is 11.8 Å². The van der Waals surface area contributed by atoms with Gasteiger partial charge in [-0.1, -0.05) is 12.8 Å². The van der Waals surface area contributed by atoms with Crippen LogP contribution in [-0.4, -0.2) is 77.6 Å². The highest BCUT2D eigenvalue weighted by Crippen LogP contribution is 2.32. The molecule has 3 aliphatic rings. The van der Waals surface area contributed by atoms with Crippen LogP contribution in [-0.2, 0) is 9.53 Å². The van der Waals surface area contributed by atoms with E-state index in [4.69, 9.17) is 4.74 Å². The lowest BCUT2D eigenvalue weighted by molar-refractivity contribution is -0.187. The summed E-state index contributed by atoms with van der Waals surface area (Å²) in [5.74, 6) is 0.0570. The van der Waals surface area contributed by atoms with Crippen molar-refractivity contribution < 1.29 is 14.3 Å². The van der Waals surface area contributed by atoms with Gasteiger partial charge in [0.1, 0.15) is 11.6 Å². The number of hydrogen-bond donors (Lipinski definition) is 1. The third kappa shape index (κ3) is 3.71. The van der Waals surface area contributed by atoms with E-state index in [1.165, 1.54) is 12.8 Å². The van der Waals surface area contributed by atoms with Crippen molar-refractivity contribution in [3.05, 3.63) is 29.6 Å². The molecule has 1 unspecified atom stereocenters. The lowest BCUT2D eigenvalue weighted by Gasteiger charge is -2.54. The van der Waals surface area contributed by atoms with Gasteiger partial charge in [0.05, 0.1) is 25.3 Å². The standard InChI is InChI=1S/C20H28N4O3/c1-14-7-15(9-21-8-14)19(26)24-12-20(13-24)11-23(2)17(10-27-20)18(25)22-16-5-3-4-6-16/h7-9,16-17H,3-6,10-13H2,1-2H3,(H,22,25). The summed E-state index contributed by atoms with van der Waals surface area (Å²) >= 11 is 0. The highest BCUT2D eigenvalue weighted by molar-refractivity contribution is 5.94. The van der Waals surface area contributed by atoms with E-state index in [1.807, 2.05) is 20.0 Å². The van der Waals surface area contributed by atoms with E-state index in [0.717, 1.165) is 18.4 Å². The van der Waals surface area contributed by atoms with E-state index < -0.39 is 0 Å². The van der Waals surface area contributed by atoms with Gasteiger partial charge in [0, 0.05) is 25.0 Å². The number of pyridine rings is 1. The van der Waals surface area contributed by atoms with E-state index in [1.54, 1.807) is 17.3 Å². The van der Waals surface area contributed by atoms with Gasteiger partial charge in [0.25, 0.3) is 5.91 Å². The molecule has 0 aromatic carbocycles. The third-order valence-corrected chi connectivity index (χ3v) is 5.99. The van der Waals surface area contributed by atoms with E-state index in [2.05, 4.69) is 15.2 Å². The number of aryl methyl sites for hydroxylation is 1. The van der Waals surface area contributed by atoms with E-state index in [0.29, 0.717) is 37.8 Å². The zero-order valence-corrected chi connectivity index (χ0v) is 16.1. The SMILES string of the molecule is Cc1cncc(C(=O)N2CC3(C2)CN(C)C(C(=O)NC2CCCC2)CO3)c1. The quantitative estimate of drug-likeness (QED) is 0.856. The van der Waals surface area contributed by atoms with Gasteiger partial charge in [0.15, 0.2) is 0 Å². The molecule has 0 bridgehead atoms. The summed E-state index contributed by atoms with van der Waals surface area (Å²) in [4.78, 5) is 33.1. The van der Waals surface area contributed by atoms with Crippen LogP contribution in [0.15, 0.2) is 18.5 Å². The predicted molar refractivity (Wildman–Crippen MR) is 100 cm³/mol. The minimum Gasteiger partial charge on any atom is -0.368 e. The van der Waals surface area contributed by atoms with Crippen molar-refractivity contribution in [1.29, 1.82) is 0 Å². The maximum Gasteiger partial charge on any atom is 0.255 e. The van der Waals surface area contributed by atoms with Crippen LogP contribution < -0.4 is 5.32 Å². The molecule has 2 aliphatic heterocycles. The third-order valence-electron chi connectivity index (χ3n) is 5.99. The van der Waals surface area contributed by atoms with Gasteiger partial charge in [-0.2, -0.15) is 0 Å². The molecule has 7 nitrogen and oxygen atoms in total. The number of nitrogens with one attached hydrogen (secondary N) is 1. The second-order valence-corrected chi connectivity index (χ2v) is 8.33. The number of likely N-dealkylation sites (N-methyl/N-ethyl adjacent to an activating group) is 1. The molecule has 4 rings (SSSR count). The van der Waals surface area contributed by atoms with E-state index in [-0.39, 0.29) is 23.5 Å². The fraction of sp³-hybridized carbons (Fsp3) is 0.650. The summed E-state index contributed by atoms with van der Waals surface area (Å²) in [6, 6.07) is 1.93. The molecule has 1 aliphatic carbocycles. The van der Waals surface area contributed by atoms with Gasteiger partial charge >= 0.3 is 0 Å². The Hall–Kier alpha value is -1.99. The molecule has 2 saturated heterocycles. The first kappa shape index (κ1) is 18.4. The zero-order chi connectivity index (χ0) is 19.0. The average molecular weight is 372 g/mol. The molecule has 1 atom stereocenters. The summed E-state index contributed by atoms with van der Waals surface area (Å²) in [6.07, 6.45) is 7.91. The first-order valence-electron chi connectivity index (χ1n) is 9.81. The number of ether oxygens (including phenoxy) is 1. The number of likely N-dealkylation sites (tertiary alicyclic amines) is 1. The Morgan fingerprint density at radius 1 is 1.22 bits per heavy atom. The summed E-state index contributed by atoms with van der Waals surface area (Å²) < 4.78 is 6.10. The van der Waals surface area contributed by atoms with Gasteiger partial charge in [-0.15, -0.1) is 0 Å². The number of carbonyl (C=O) groups is 2. The first-order chi connectivity index (χ1) is 13.0. The van der Waals surface area contributed by atoms with Crippen LogP contribution >= 0.6 is 0 Å². The topological polar surface area (TPSA) is 74.8 Å². The Bertz CT molecular complexity index is 726. The molecule has 7 heteroatoms. The van der Waals surface area contributed by atoms with Crippen molar-refractivity contribution in [3.8, 4) is 0 Å². The Labute approximate surface area is 160 Å². The molecule has 0 radical (unpaired) electrons. The van der Waals surface area contributed by atoms with Crippen LogP contribution in [0, 0.1) is 6.92 Å². The fourth-order valence-electron chi connectivity index (χ4n) is 4.48. The maximum atomic E-state index is 12.6. The summed E-state index contributed by atoms with van der Waals surface area (Å²) in [5.41, 5.74) is 1.23. The largest absolute Gasteiger partial charge is 0.368 e. The fourth-order valence-corrected chi connectivity index (χ4v) is 4.48. The van der Waals surface area contributed by atoms with Crippen LogP contribution in [0.2, 0.25) is 0 Å². The van der Waals surface area contributed by atoms with Crippen molar-refractivity contribution in [2.75, 3.05) is 33.3 Å². The van der Waals surface area contributed by atoms with Crippen molar-refractivity contribution in [2.45, 2.75) is 50.3 Å². The number of hydrogen-bond acceptors (Lipinski definition) is 5. The molecule has 146 valence electrons. The highest BCUT2D eigenvalue weighted by atomic mass is 16.5. The Morgan fingerprint density at radius 2 is 1.96 bits per heavy atom. The van der Waals surface area contributed by atoms with Gasteiger partial charge in [-0.05, 0) is 38.4 Å². The van der Waals surface area contributed by atoms with Crippen LogP contribution in [0.5, 0.6) is 0 Å². The highest BCUT2D eigenvalue weighted by Gasteiger charge is 2.51. The molecule has 3 heterocycles. The number of aromatic nitrogens is 1. The minimum atomic E-state index is -0.355. The normalized spacial score (nSPS) is 25.4. The van der Waals surface area contributed by atoms with Crippen LogP contribution in [0.1, 0.15) is 41.6 Å². The monoisotopic (exact) mass is 372 g/mol. The molecule has 27 heavy (non-hydrogen) atoms. The molecule has 2 amide bonds. The molecule has 1 aromatic rings. The second-order valence-electron chi connectivity index (χ2n) is 8.33. The minimum absolute atomic E-state index is 0.0100. The van der Waals surface area contributed by atoms with Crippen LogP contribution in [0.3, 0.4) is 0 Å². The maximum absolute atomic E-state index is 12.6. The first-order valence-corrected chi connectivity index (χ1v) is 9.81. The second kappa shape index (κ2) is 7.20. The number of rotatable bonds is 3. The summed E-state index contributed by atoms with van der Waals surface area (Å²) in [5, 5.41) is 3.16. The zero-order valence-electron chi connectivity index (χ0n) is 16.1. The smallest absolute Gasteiger partial charge is 0.255 e. The molecule has 1 saturated carbocycles. The number of amides is 2. The Kier molecular flexibility index (Phi) is 4.90.